The van der Waals surface area contributed by atoms with Gasteiger partial charge < -0.3 is 0 Å². The molecule has 4 aliphatic rings. The summed E-state index contributed by atoms with van der Waals surface area (Å²) >= 11 is 0. The quantitative estimate of drug-likeness (QED) is 0.449. The summed E-state index contributed by atoms with van der Waals surface area (Å²) in [5.41, 5.74) is 3.92. The van der Waals surface area contributed by atoms with Crippen molar-refractivity contribution >= 4 is 5.78 Å². The highest BCUT2D eigenvalue weighted by molar-refractivity contribution is 5.86. The normalized spacial score (nSPS) is 41.1. The third-order valence-corrected chi connectivity index (χ3v) is 9.54. The van der Waals surface area contributed by atoms with Crippen molar-refractivity contribution in [2.45, 2.75) is 98.8 Å². The van der Waals surface area contributed by atoms with E-state index in [1.54, 1.807) is 11.1 Å². The van der Waals surface area contributed by atoms with Gasteiger partial charge in [0, 0.05) is 12.3 Å². The highest BCUT2D eigenvalue weighted by Crippen LogP contribution is 2.64. The summed E-state index contributed by atoms with van der Waals surface area (Å²) in [6, 6.07) is 0. The molecule has 0 saturated heterocycles. The topological polar surface area (TPSA) is 17.1 Å². The minimum atomic E-state index is 0.189. The molecule has 1 nitrogen and oxygen atoms in total. The lowest BCUT2D eigenvalue weighted by molar-refractivity contribution is -0.131. The second-order valence-electron chi connectivity index (χ2n) is 11.6. The zero-order valence-electron chi connectivity index (χ0n) is 19.0. The van der Waals surface area contributed by atoms with Crippen LogP contribution in [0.1, 0.15) is 98.8 Å². The Hall–Kier alpha value is -0.850. The fourth-order valence-electron chi connectivity index (χ4n) is 7.92. The summed E-state index contributed by atoms with van der Waals surface area (Å²) in [7, 11) is 0. The number of carbonyl (C=O) groups excluding carboxylic acids is 1. The molecule has 0 N–H and O–H groups in total. The average Bonchev–Trinajstić information content (AvgIpc) is 2.99. The van der Waals surface area contributed by atoms with Gasteiger partial charge in [-0.2, -0.15) is 0 Å². The minimum Gasteiger partial charge on any atom is -0.299 e. The van der Waals surface area contributed by atoms with Crippen LogP contribution in [-0.4, -0.2) is 5.78 Å². The van der Waals surface area contributed by atoms with Crippen molar-refractivity contribution in [1.29, 1.82) is 0 Å². The molecule has 0 spiro atoms. The lowest BCUT2D eigenvalue weighted by Crippen LogP contribution is -2.49. The number of rotatable bonds is 5. The Labute approximate surface area is 173 Å². The van der Waals surface area contributed by atoms with Crippen LogP contribution in [0.3, 0.4) is 0 Å². The van der Waals surface area contributed by atoms with Gasteiger partial charge in [0.2, 0.25) is 0 Å². The van der Waals surface area contributed by atoms with E-state index in [1.807, 2.05) is 0 Å². The average molecular weight is 383 g/mol. The van der Waals surface area contributed by atoms with Crippen LogP contribution in [0.2, 0.25) is 0 Å². The zero-order valence-corrected chi connectivity index (χ0v) is 19.0. The van der Waals surface area contributed by atoms with Crippen molar-refractivity contribution in [3.63, 3.8) is 0 Å². The number of allylic oxidation sites excluding steroid dienone is 4. The van der Waals surface area contributed by atoms with Gasteiger partial charge in [-0.25, -0.2) is 0 Å². The maximum atomic E-state index is 13.1. The first-order valence-electron chi connectivity index (χ1n) is 12.2. The fraction of sp³-hybridized carbons (Fsp3) is 0.815. The molecule has 0 aliphatic heterocycles. The molecule has 2 saturated carbocycles. The van der Waals surface area contributed by atoms with Crippen molar-refractivity contribution in [3.8, 4) is 0 Å². The molecule has 0 radical (unpaired) electrons. The van der Waals surface area contributed by atoms with Crippen LogP contribution in [0.4, 0.5) is 0 Å². The maximum Gasteiger partial charge on any atom is 0.140 e. The van der Waals surface area contributed by atoms with Gasteiger partial charge in [-0.3, -0.25) is 4.79 Å². The number of Topliss-reactive ketones (excluding diaryl/α,β-unsaturated/α-hetero) is 1. The van der Waals surface area contributed by atoms with Gasteiger partial charge in [0.25, 0.3) is 0 Å². The fourth-order valence-corrected chi connectivity index (χ4v) is 7.92. The van der Waals surface area contributed by atoms with Crippen LogP contribution in [0.25, 0.3) is 0 Å². The number of fused-ring (bicyclic) bond motifs is 4. The van der Waals surface area contributed by atoms with Crippen LogP contribution in [0.5, 0.6) is 0 Å². The molecular formula is C27H42O. The Bertz CT molecular complexity index is 682. The summed E-state index contributed by atoms with van der Waals surface area (Å²) < 4.78 is 0. The Kier molecular flexibility index (Phi) is 5.43. The Morgan fingerprint density at radius 3 is 2.61 bits per heavy atom. The van der Waals surface area contributed by atoms with Crippen LogP contribution >= 0.6 is 0 Å². The first-order chi connectivity index (χ1) is 13.3. The van der Waals surface area contributed by atoms with E-state index < -0.39 is 0 Å². The second-order valence-corrected chi connectivity index (χ2v) is 11.6. The maximum absolute atomic E-state index is 13.1. The molecule has 156 valence electrons. The third-order valence-electron chi connectivity index (χ3n) is 9.54. The van der Waals surface area contributed by atoms with E-state index in [0.717, 1.165) is 37.0 Å². The van der Waals surface area contributed by atoms with Gasteiger partial charge >= 0.3 is 0 Å². The number of ketones is 1. The molecule has 0 amide bonds. The number of carbonyl (C=O) groups is 1. The molecule has 4 aliphatic carbocycles. The summed E-state index contributed by atoms with van der Waals surface area (Å²) in [4.78, 5) is 13.1. The van der Waals surface area contributed by atoms with Crippen molar-refractivity contribution in [2.24, 2.45) is 40.4 Å². The Morgan fingerprint density at radius 1 is 1.07 bits per heavy atom. The first-order valence-corrected chi connectivity index (χ1v) is 12.2. The minimum absolute atomic E-state index is 0.189. The molecule has 0 heterocycles. The summed E-state index contributed by atoms with van der Waals surface area (Å²) in [5.74, 6) is 3.96. The van der Waals surface area contributed by atoms with E-state index in [4.69, 9.17) is 0 Å². The molecule has 6 atom stereocenters. The van der Waals surface area contributed by atoms with Crippen molar-refractivity contribution in [1.82, 2.24) is 0 Å². The van der Waals surface area contributed by atoms with Crippen LogP contribution in [0, 0.1) is 40.4 Å². The zero-order chi connectivity index (χ0) is 20.1. The van der Waals surface area contributed by atoms with Gasteiger partial charge in [0.15, 0.2) is 0 Å². The standard InChI is InChI=1S/C27H42O/c1-18(2)9-8-10-19(3)21-12-13-22-20-17-25(28)24-11-6-7-15-26(24,4)23(20)14-16-27(21,22)5/h6-7,18-19,21,23-24H,8-17H2,1-5H3/t19-,21-,23+,24-,26-,27-/m1/s1. The van der Waals surface area contributed by atoms with E-state index in [2.05, 4.69) is 46.8 Å². The van der Waals surface area contributed by atoms with Gasteiger partial charge in [-0.1, -0.05) is 77.2 Å². The molecular weight excluding hydrogens is 340 g/mol. The molecule has 0 aromatic rings. The highest BCUT2D eigenvalue weighted by Gasteiger charge is 2.56. The summed E-state index contributed by atoms with van der Waals surface area (Å²) in [5, 5.41) is 0. The molecule has 0 aromatic heterocycles. The van der Waals surface area contributed by atoms with E-state index in [1.165, 1.54) is 44.9 Å². The van der Waals surface area contributed by atoms with Crippen molar-refractivity contribution in [3.05, 3.63) is 23.3 Å². The predicted octanol–water partition coefficient (Wildman–Crippen LogP) is 7.52. The van der Waals surface area contributed by atoms with Crippen LogP contribution in [-0.2, 0) is 4.79 Å². The molecule has 1 heteroatoms. The van der Waals surface area contributed by atoms with E-state index >= 15 is 0 Å². The summed E-state index contributed by atoms with van der Waals surface area (Å²) in [6.45, 7) is 12.2. The Morgan fingerprint density at radius 2 is 1.86 bits per heavy atom. The van der Waals surface area contributed by atoms with Crippen LogP contribution in [0.15, 0.2) is 23.3 Å². The van der Waals surface area contributed by atoms with E-state index in [0.29, 0.717) is 17.1 Å². The van der Waals surface area contributed by atoms with E-state index in [-0.39, 0.29) is 11.3 Å². The number of hydrogen-bond acceptors (Lipinski definition) is 1. The lowest BCUT2D eigenvalue weighted by atomic mass is 9.49. The largest absolute Gasteiger partial charge is 0.299 e. The van der Waals surface area contributed by atoms with Gasteiger partial charge in [0.05, 0.1) is 0 Å². The van der Waals surface area contributed by atoms with E-state index in [9.17, 15) is 4.79 Å². The molecule has 0 unspecified atom stereocenters. The van der Waals surface area contributed by atoms with Crippen molar-refractivity contribution in [2.75, 3.05) is 0 Å². The highest BCUT2D eigenvalue weighted by atomic mass is 16.1. The Balaban J connectivity index is 1.59. The van der Waals surface area contributed by atoms with Gasteiger partial charge in [-0.05, 0) is 73.0 Å². The van der Waals surface area contributed by atoms with Crippen LogP contribution < -0.4 is 0 Å². The smallest absolute Gasteiger partial charge is 0.140 e. The number of hydrogen-bond donors (Lipinski definition) is 0. The van der Waals surface area contributed by atoms with Crippen molar-refractivity contribution < 1.29 is 4.79 Å². The first kappa shape index (κ1) is 20.4. The molecule has 0 aromatic carbocycles. The van der Waals surface area contributed by atoms with Gasteiger partial charge in [0.1, 0.15) is 5.78 Å². The third kappa shape index (κ3) is 3.16. The predicted molar refractivity (Wildman–Crippen MR) is 118 cm³/mol. The van der Waals surface area contributed by atoms with Gasteiger partial charge in [-0.15, -0.1) is 0 Å². The monoisotopic (exact) mass is 382 g/mol. The molecule has 0 bridgehead atoms. The molecule has 4 rings (SSSR count). The second kappa shape index (κ2) is 7.44. The summed E-state index contributed by atoms with van der Waals surface area (Å²) in [6.07, 6.45) is 16.9. The lowest BCUT2D eigenvalue weighted by Gasteiger charge is -2.54. The SMILES string of the molecule is CC(C)CCC[C@@H](C)[C@H]1CCC2=C3CC(=O)[C@H]4CC=CC[C@]4(C)[C@H]3CC[C@@]21C. The molecule has 28 heavy (non-hydrogen) atoms. The molecule has 2 fully saturated rings.